The van der Waals surface area contributed by atoms with Crippen LogP contribution in [0.4, 0.5) is 0 Å². The zero-order chi connectivity index (χ0) is 13.0. The van der Waals surface area contributed by atoms with Gasteiger partial charge >= 0.3 is 0 Å². The molecular formula is C12H16ClNO3S. The first kappa shape index (κ1) is 13.8. The Morgan fingerprint density at radius 3 is 2.83 bits per heavy atom. The van der Waals surface area contributed by atoms with Crippen LogP contribution in [0.1, 0.15) is 17.7 Å². The van der Waals surface area contributed by atoms with Crippen LogP contribution in [0.5, 0.6) is 0 Å². The molecule has 2 rings (SSSR count). The van der Waals surface area contributed by atoms with E-state index >= 15 is 0 Å². The van der Waals surface area contributed by atoms with Crippen LogP contribution >= 0.6 is 22.9 Å². The second-order valence-electron chi connectivity index (χ2n) is 4.44. The second-order valence-corrected chi connectivity index (χ2v) is 6.24. The van der Waals surface area contributed by atoms with Crippen LogP contribution in [0.15, 0.2) is 12.1 Å². The molecule has 0 unspecified atom stereocenters. The predicted octanol–water partition coefficient (Wildman–Crippen LogP) is 1.60. The minimum Gasteiger partial charge on any atom is -0.376 e. The Morgan fingerprint density at radius 2 is 2.28 bits per heavy atom. The van der Waals surface area contributed by atoms with Gasteiger partial charge in [-0.2, -0.15) is 0 Å². The number of nitrogens with one attached hydrogen (secondary N) is 1. The summed E-state index contributed by atoms with van der Waals surface area (Å²) < 4.78 is 5.64. The fourth-order valence-corrected chi connectivity index (χ4v) is 2.83. The van der Waals surface area contributed by atoms with Gasteiger partial charge in [0.05, 0.1) is 17.6 Å². The van der Waals surface area contributed by atoms with E-state index in [1.807, 2.05) is 12.1 Å². The molecule has 6 heteroatoms. The van der Waals surface area contributed by atoms with Crippen molar-refractivity contribution in [2.75, 3.05) is 19.8 Å². The maximum absolute atomic E-state index is 11.5. The zero-order valence-corrected chi connectivity index (χ0v) is 11.5. The maximum Gasteiger partial charge on any atom is 0.256 e. The molecule has 1 aliphatic heterocycles. The van der Waals surface area contributed by atoms with Gasteiger partial charge in [0, 0.05) is 11.4 Å². The number of amides is 1. The number of unbranched alkanes of at least 4 members (excludes halogenated alkanes) is 1. The van der Waals surface area contributed by atoms with Gasteiger partial charge in [0.2, 0.25) is 0 Å². The van der Waals surface area contributed by atoms with Gasteiger partial charge in [-0.15, -0.1) is 11.3 Å². The van der Waals surface area contributed by atoms with Crippen molar-refractivity contribution in [1.82, 2.24) is 5.32 Å². The molecule has 0 aliphatic carbocycles. The molecular weight excluding hydrogens is 274 g/mol. The summed E-state index contributed by atoms with van der Waals surface area (Å²) in [5.41, 5.74) is -1.29. The fourth-order valence-electron chi connectivity index (χ4n) is 1.70. The van der Waals surface area contributed by atoms with Gasteiger partial charge in [-0.05, 0) is 31.4 Å². The van der Waals surface area contributed by atoms with Crippen molar-refractivity contribution in [3.63, 3.8) is 0 Å². The van der Waals surface area contributed by atoms with Crippen LogP contribution in [0.3, 0.4) is 0 Å². The molecule has 1 aromatic heterocycles. The van der Waals surface area contributed by atoms with Crippen LogP contribution in [0.25, 0.3) is 0 Å². The molecule has 0 spiro atoms. The third kappa shape index (κ3) is 3.45. The van der Waals surface area contributed by atoms with Crippen LogP contribution < -0.4 is 5.32 Å². The Labute approximate surface area is 115 Å². The highest BCUT2D eigenvalue weighted by Gasteiger charge is 2.43. The average Bonchev–Trinajstić information content (AvgIpc) is 2.71. The van der Waals surface area contributed by atoms with E-state index in [-0.39, 0.29) is 19.1 Å². The summed E-state index contributed by atoms with van der Waals surface area (Å²) in [7, 11) is 0. The van der Waals surface area contributed by atoms with Crippen molar-refractivity contribution in [1.29, 1.82) is 0 Å². The van der Waals surface area contributed by atoms with E-state index in [0.29, 0.717) is 6.54 Å². The number of ether oxygens (including phenoxy) is 1. The standard InChI is InChI=1S/C12H16ClNO3S/c13-10-5-4-9(18-10)3-1-2-6-14-11(15)12(16)7-17-8-12/h4-5,16H,1-3,6-8H2,(H,14,15). The van der Waals surface area contributed by atoms with Crippen LogP contribution in [-0.2, 0) is 16.0 Å². The van der Waals surface area contributed by atoms with Crippen LogP contribution in [0, 0.1) is 0 Å². The number of thiophene rings is 1. The van der Waals surface area contributed by atoms with E-state index in [2.05, 4.69) is 5.32 Å². The fraction of sp³-hybridized carbons (Fsp3) is 0.583. The van der Waals surface area contributed by atoms with Crippen LogP contribution in [-0.4, -0.2) is 36.4 Å². The van der Waals surface area contributed by atoms with Gasteiger partial charge in [0.15, 0.2) is 5.60 Å². The minimum atomic E-state index is -1.29. The number of hydrogen-bond donors (Lipinski definition) is 2. The number of hydrogen-bond acceptors (Lipinski definition) is 4. The summed E-state index contributed by atoms with van der Waals surface area (Å²) in [4.78, 5) is 12.8. The molecule has 0 saturated carbocycles. The van der Waals surface area contributed by atoms with Crippen molar-refractivity contribution in [3.8, 4) is 0 Å². The SMILES string of the molecule is O=C(NCCCCc1ccc(Cl)s1)C1(O)COC1. The second kappa shape index (κ2) is 6.02. The first-order valence-electron chi connectivity index (χ1n) is 5.93. The molecule has 0 radical (unpaired) electrons. The molecule has 2 N–H and O–H groups in total. The summed E-state index contributed by atoms with van der Waals surface area (Å²) in [6.07, 6.45) is 2.85. The maximum atomic E-state index is 11.5. The summed E-state index contributed by atoms with van der Waals surface area (Å²) in [6, 6.07) is 3.93. The summed E-state index contributed by atoms with van der Waals surface area (Å²) >= 11 is 7.43. The molecule has 1 amide bonds. The highest BCUT2D eigenvalue weighted by Crippen LogP contribution is 2.22. The molecule has 1 aromatic rings. The van der Waals surface area contributed by atoms with Gasteiger partial charge in [0.1, 0.15) is 0 Å². The molecule has 2 heterocycles. The van der Waals surface area contributed by atoms with Gasteiger partial charge in [-0.25, -0.2) is 0 Å². The lowest BCUT2D eigenvalue weighted by molar-refractivity contribution is -0.190. The first-order valence-corrected chi connectivity index (χ1v) is 7.12. The van der Waals surface area contributed by atoms with Crippen molar-refractivity contribution in [2.45, 2.75) is 24.9 Å². The Hall–Kier alpha value is -0.620. The third-order valence-electron chi connectivity index (χ3n) is 2.87. The van der Waals surface area contributed by atoms with Gasteiger partial charge in [0.25, 0.3) is 5.91 Å². The number of halogens is 1. The molecule has 0 atom stereocenters. The topological polar surface area (TPSA) is 58.6 Å². The van der Waals surface area contributed by atoms with E-state index in [9.17, 15) is 9.90 Å². The molecule has 18 heavy (non-hydrogen) atoms. The molecule has 4 nitrogen and oxygen atoms in total. The molecule has 1 saturated heterocycles. The lowest BCUT2D eigenvalue weighted by Crippen LogP contribution is -2.60. The van der Waals surface area contributed by atoms with E-state index in [4.69, 9.17) is 16.3 Å². The predicted molar refractivity (Wildman–Crippen MR) is 71.0 cm³/mol. The van der Waals surface area contributed by atoms with Gasteiger partial charge in [-0.1, -0.05) is 11.6 Å². The van der Waals surface area contributed by atoms with E-state index < -0.39 is 5.60 Å². The van der Waals surface area contributed by atoms with E-state index in [1.165, 1.54) is 4.88 Å². The Morgan fingerprint density at radius 1 is 1.50 bits per heavy atom. The third-order valence-corrected chi connectivity index (χ3v) is 4.16. The molecule has 1 aliphatic rings. The number of carbonyl (C=O) groups excluding carboxylic acids is 1. The Bertz CT molecular complexity index is 417. The van der Waals surface area contributed by atoms with Gasteiger partial charge in [-0.3, -0.25) is 4.79 Å². The van der Waals surface area contributed by atoms with Crippen molar-refractivity contribution < 1.29 is 14.6 Å². The highest BCUT2D eigenvalue weighted by molar-refractivity contribution is 7.16. The Balaban J connectivity index is 1.57. The van der Waals surface area contributed by atoms with Crippen molar-refractivity contribution in [2.24, 2.45) is 0 Å². The summed E-state index contributed by atoms with van der Waals surface area (Å²) in [5, 5.41) is 12.4. The van der Waals surface area contributed by atoms with Gasteiger partial charge < -0.3 is 15.2 Å². The Kier molecular flexibility index (Phi) is 4.61. The van der Waals surface area contributed by atoms with E-state index in [1.54, 1.807) is 11.3 Å². The quantitative estimate of drug-likeness (QED) is 0.782. The molecule has 1 fully saturated rings. The number of carbonyl (C=O) groups is 1. The lowest BCUT2D eigenvalue weighted by Gasteiger charge is -2.34. The minimum absolute atomic E-state index is 0.104. The first-order chi connectivity index (χ1) is 8.60. The smallest absolute Gasteiger partial charge is 0.256 e. The largest absolute Gasteiger partial charge is 0.376 e. The molecule has 0 aromatic carbocycles. The number of aliphatic hydroxyl groups is 1. The lowest BCUT2D eigenvalue weighted by atomic mass is 10.0. The zero-order valence-electron chi connectivity index (χ0n) is 9.95. The molecule has 0 bridgehead atoms. The number of aryl methyl sites for hydroxylation is 1. The summed E-state index contributed by atoms with van der Waals surface area (Å²) in [5.74, 6) is -0.326. The average molecular weight is 290 g/mol. The van der Waals surface area contributed by atoms with Crippen molar-refractivity contribution >= 4 is 28.8 Å². The monoisotopic (exact) mass is 289 g/mol. The van der Waals surface area contributed by atoms with Crippen LogP contribution in [0.2, 0.25) is 4.34 Å². The summed E-state index contributed by atoms with van der Waals surface area (Å²) in [6.45, 7) is 0.791. The van der Waals surface area contributed by atoms with Crippen molar-refractivity contribution in [3.05, 3.63) is 21.3 Å². The normalized spacial score (nSPS) is 17.2. The molecule has 100 valence electrons. The highest BCUT2D eigenvalue weighted by atomic mass is 35.5. The van der Waals surface area contributed by atoms with E-state index in [0.717, 1.165) is 23.6 Å². The number of rotatable bonds is 6.